The molecule has 0 radical (unpaired) electrons. The minimum Gasteiger partial charge on any atom is -0.346 e. The normalized spacial score (nSPS) is 15.6. The second kappa shape index (κ2) is 8.29. The van der Waals surface area contributed by atoms with E-state index in [-0.39, 0.29) is 28.2 Å². The first-order valence-electron chi connectivity index (χ1n) is 8.68. The highest BCUT2D eigenvalue weighted by Crippen LogP contribution is 2.25. The third-order valence-corrected chi connectivity index (χ3v) is 5.13. The molecule has 0 aliphatic carbocycles. The average Bonchev–Trinajstić information content (AvgIpc) is 3.17. The van der Waals surface area contributed by atoms with E-state index in [0.717, 1.165) is 13.1 Å². The number of quaternary nitrogens is 1. The summed E-state index contributed by atoms with van der Waals surface area (Å²) in [4.78, 5) is 24.4. The van der Waals surface area contributed by atoms with Crippen LogP contribution in [0.5, 0.6) is 0 Å². The van der Waals surface area contributed by atoms with Gasteiger partial charge in [-0.25, -0.2) is 0 Å². The van der Waals surface area contributed by atoms with Crippen molar-refractivity contribution in [2.45, 2.75) is 18.9 Å². The van der Waals surface area contributed by atoms with Crippen LogP contribution in [0, 0.1) is 10.1 Å². The van der Waals surface area contributed by atoms with E-state index in [1.165, 1.54) is 41.5 Å². The molecule has 2 aromatic carbocycles. The van der Waals surface area contributed by atoms with E-state index < -0.39 is 4.92 Å². The molecule has 1 amide bonds. The number of amides is 1. The highest BCUT2D eigenvalue weighted by atomic mass is 35.5. The largest absolute Gasteiger partial charge is 0.346 e. The SMILES string of the molecule is O=C(NC[C@@H](c1ccccc1)[NH+]1CCCC1)c1ccc(Cl)c([N+](=O)[O-])c1. The Morgan fingerprint density at radius 1 is 1.19 bits per heavy atom. The van der Waals surface area contributed by atoms with Crippen LogP contribution >= 0.6 is 11.6 Å². The lowest BCUT2D eigenvalue weighted by Gasteiger charge is -2.25. The van der Waals surface area contributed by atoms with E-state index in [4.69, 9.17) is 11.6 Å². The predicted molar refractivity (Wildman–Crippen MR) is 99.6 cm³/mol. The molecule has 136 valence electrons. The maximum Gasteiger partial charge on any atom is 0.288 e. The van der Waals surface area contributed by atoms with E-state index in [0.29, 0.717) is 6.54 Å². The highest BCUT2D eigenvalue weighted by Gasteiger charge is 2.28. The first-order chi connectivity index (χ1) is 12.6. The molecular weight excluding hydrogens is 354 g/mol. The Hall–Kier alpha value is -2.44. The molecule has 1 fully saturated rings. The van der Waals surface area contributed by atoms with E-state index in [1.54, 1.807) is 0 Å². The van der Waals surface area contributed by atoms with E-state index >= 15 is 0 Å². The number of rotatable bonds is 6. The molecule has 3 rings (SSSR count). The molecule has 2 aromatic rings. The van der Waals surface area contributed by atoms with Gasteiger partial charge in [0.05, 0.1) is 24.6 Å². The fourth-order valence-electron chi connectivity index (χ4n) is 3.45. The smallest absolute Gasteiger partial charge is 0.288 e. The average molecular weight is 375 g/mol. The van der Waals surface area contributed by atoms with Gasteiger partial charge in [-0.2, -0.15) is 0 Å². The Bertz CT molecular complexity index is 792. The van der Waals surface area contributed by atoms with Gasteiger partial charge in [-0.1, -0.05) is 41.9 Å². The van der Waals surface area contributed by atoms with Crippen LogP contribution in [0.2, 0.25) is 5.02 Å². The van der Waals surface area contributed by atoms with Gasteiger partial charge >= 0.3 is 0 Å². The second-order valence-electron chi connectivity index (χ2n) is 6.46. The van der Waals surface area contributed by atoms with Crippen LogP contribution in [0.4, 0.5) is 5.69 Å². The van der Waals surface area contributed by atoms with Crippen molar-refractivity contribution in [3.8, 4) is 0 Å². The summed E-state index contributed by atoms with van der Waals surface area (Å²) in [7, 11) is 0. The molecule has 0 saturated carbocycles. The molecule has 1 aliphatic rings. The number of carbonyl (C=O) groups excluding carboxylic acids is 1. The third kappa shape index (κ3) is 4.20. The molecular formula is C19H21ClN3O3+. The van der Waals surface area contributed by atoms with Crippen molar-refractivity contribution in [2.24, 2.45) is 0 Å². The number of nitro benzene ring substituents is 1. The molecule has 26 heavy (non-hydrogen) atoms. The van der Waals surface area contributed by atoms with E-state index in [9.17, 15) is 14.9 Å². The zero-order chi connectivity index (χ0) is 18.5. The van der Waals surface area contributed by atoms with Crippen molar-refractivity contribution in [3.63, 3.8) is 0 Å². The van der Waals surface area contributed by atoms with Crippen LogP contribution in [0.25, 0.3) is 0 Å². The number of benzene rings is 2. The molecule has 6 nitrogen and oxygen atoms in total. The van der Waals surface area contributed by atoms with Crippen molar-refractivity contribution in [3.05, 3.63) is 74.8 Å². The van der Waals surface area contributed by atoms with Crippen LogP contribution in [0.3, 0.4) is 0 Å². The summed E-state index contributed by atoms with van der Waals surface area (Å²) in [5.74, 6) is -0.329. The fraction of sp³-hybridized carbons (Fsp3) is 0.316. The van der Waals surface area contributed by atoms with Crippen LogP contribution in [-0.4, -0.2) is 30.5 Å². The monoisotopic (exact) mass is 374 g/mol. The Kier molecular flexibility index (Phi) is 5.85. The number of hydrogen-bond donors (Lipinski definition) is 2. The van der Waals surface area contributed by atoms with Crippen LogP contribution in [0.15, 0.2) is 48.5 Å². The fourth-order valence-corrected chi connectivity index (χ4v) is 3.64. The lowest BCUT2D eigenvalue weighted by Crippen LogP contribution is -3.11. The number of likely N-dealkylation sites (tertiary alicyclic amines) is 1. The Morgan fingerprint density at radius 3 is 2.54 bits per heavy atom. The molecule has 1 saturated heterocycles. The third-order valence-electron chi connectivity index (χ3n) is 4.81. The summed E-state index contributed by atoms with van der Waals surface area (Å²) >= 11 is 5.81. The molecule has 0 bridgehead atoms. The summed E-state index contributed by atoms with van der Waals surface area (Å²) in [5, 5.41) is 14.0. The predicted octanol–water partition coefficient (Wildman–Crippen LogP) is 2.40. The topological polar surface area (TPSA) is 76.7 Å². The number of halogens is 1. The summed E-state index contributed by atoms with van der Waals surface area (Å²) < 4.78 is 0. The molecule has 2 N–H and O–H groups in total. The molecule has 0 aromatic heterocycles. The standard InChI is InChI=1S/C19H20ClN3O3/c20-16-9-8-15(12-17(16)23(25)26)19(24)21-13-18(22-10-4-5-11-22)14-6-2-1-3-7-14/h1-3,6-9,12,18H,4-5,10-11,13H2,(H,21,24)/p+1/t18-/m0/s1. The summed E-state index contributed by atoms with van der Waals surface area (Å²) in [5.41, 5.74) is 1.17. The lowest BCUT2D eigenvalue weighted by atomic mass is 10.1. The molecule has 1 heterocycles. The van der Waals surface area contributed by atoms with Gasteiger partial charge in [-0.05, 0) is 12.1 Å². The van der Waals surface area contributed by atoms with Crippen molar-refractivity contribution in [1.82, 2.24) is 5.32 Å². The van der Waals surface area contributed by atoms with Gasteiger partial charge in [-0.15, -0.1) is 0 Å². The summed E-state index contributed by atoms with van der Waals surface area (Å²) in [6, 6.07) is 14.4. The Labute approximate surface area is 156 Å². The lowest BCUT2D eigenvalue weighted by molar-refractivity contribution is -0.918. The molecule has 1 atom stereocenters. The number of hydrogen-bond acceptors (Lipinski definition) is 3. The van der Waals surface area contributed by atoms with Crippen molar-refractivity contribution in [2.75, 3.05) is 19.6 Å². The maximum atomic E-state index is 12.5. The van der Waals surface area contributed by atoms with Crippen molar-refractivity contribution >= 4 is 23.2 Å². The number of nitrogens with one attached hydrogen (secondary N) is 2. The van der Waals surface area contributed by atoms with Gasteiger partial charge in [0.25, 0.3) is 11.6 Å². The molecule has 0 unspecified atom stereocenters. The van der Waals surface area contributed by atoms with Gasteiger partial charge in [0.15, 0.2) is 0 Å². The number of nitrogens with zero attached hydrogens (tertiary/aromatic N) is 1. The summed E-state index contributed by atoms with van der Waals surface area (Å²) in [6.07, 6.45) is 2.38. The highest BCUT2D eigenvalue weighted by molar-refractivity contribution is 6.32. The van der Waals surface area contributed by atoms with E-state index in [2.05, 4.69) is 17.4 Å². The van der Waals surface area contributed by atoms with Crippen LogP contribution in [0.1, 0.15) is 34.8 Å². The number of carbonyl (C=O) groups is 1. The minimum atomic E-state index is -0.583. The van der Waals surface area contributed by atoms with Gasteiger partial charge in [0, 0.05) is 30.0 Å². The first kappa shape index (κ1) is 18.4. The second-order valence-corrected chi connectivity index (χ2v) is 6.87. The Balaban J connectivity index is 1.73. The molecule has 7 heteroatoms. The molecule has 1 aliphatic heterocycles. The first-order valence-corrected chi connectivity index (χ1v) is 9.05. The van der Waals surface area contributed by atoms with Crippen molar-refractivity contribution in [1.29, 1.82) is 0 Å². The van der Waals surface area contributed by atoms with E-state index in [1.807, 2.05) is 18.2 Å². The summed E-state index contributed by atoms with van der Waals surface area (Å²) in [6.45, 7) is 2.65. The van der Waals surface area contributed by atoms with Gasteiger partial charge in [-0.3, -0.25) is 14.9 Å². The van der Waals surface area contributed by atoms with Gasteiger partial charge in [0.2, 0.25) is 0 Å². The van der Waals surface area contributed by atoms with Crippen molar-refractivity contribution < 1.29 is 14.6 Å². The van der Waals surface area contributed by atoms with Crippen LogP contribution < -0.4 is 10.2 Å². The van der Waals surface area contributed by atoms with Crippen LogP contribution in [-0.2, 0) is 0 Å². The Morgan fingerprint density at radius 2 is 1.88 bits per heavy atom. The quantitative estimate of drug-likeness (QED) is 0.602. The zero-order valence-corrected chi connectivity index (χ0v) is 15.0. The molecule has 0 spiro atoms. The zero-order valence-electron chi connectivity index (χ0n) is 14.3. The maximum absolute atomic E-state index is 12.5. The van der Waals surface area contributed by atoms with Gasteiger partial charge < -0.3 is 10.2 Å². The van der Waals surface area contributed by atoms with Gasteiger partial charge in [0.1, 0.15) is 11.1 Å². The number of nitro groups is 1. The minimum absolute atomic E-state index is 0.0234.